The van der Waals surface area contributed by atoms with Crippen LogP contribution in [0.5, 0.6) is 0 Å². The first-order valence-electron chi connectivity index (χ1n) is 8.52. The highest BCUT2D eigenvalue weighted by atomic mass is 35.5. The van der Waals surface area contributed by atoms with Crippen molar-refractivity contribution in [3.05, 3.63) is 35.5 Å². The molecule has 0 bridgehead atoms. The number of pyridine rings is 1. The number of hydrogen-bond acceptors (Lipinski definition) is 6. The van der Waals surface area contributed by atoms with Crippen LogP contribution in [0.2, 0.25) is 5.02 Å². The summed E-state index contributed by atoms with van der Waals surface area (Å²) in [5, 5.41) is 4.09. The number of H-pyrrole nitrogens is 1. The normalized spacial score (nSPS) is 25.3. The number of fused-ring (bicyclic) bond motifs is 1. The lowest BCUT2D eigenvalue weighted by molar-refractivity contribution is -0.122. The van der Waals surface area contributed by atoms with Crippen LogP contribution in [0.3, 0.4) is 0 Å². The van der Waals surface area contributed by atoms with E-state index >= 15 is 0 Å². The van der Waals surface area contributed by atoms with Gasteiger partial charge in [-0.1, -0.05) is 18.5 Å². The van der Waals surface area contributed by atoms with Gasteiger partial charge < -0.3 is 16.0 Å². The van der Waals surface area contributed by atoms with Crippen LogP contribution in [0.4, 0.5) is 10.2 Å². The molecule has 1 fully saturated rings. The van der Waals surface area contributed by atoms with E-state index in [0.717, 1.165) is 11.6 Å². The lowest BCUT2D eigenvalue weighted by atomic mass is 9.91. The van der Waals surface area contributed by atoms with Crippen molar-refractivity contribution in [2.24, 2.45) is 11.7 Å². The number of carbonyl (C=O) groups excluding carboxylic acids is 1. The van der Waals surface area contributed by atoms with Gasteiger partial charge in [0.05, 0.1) is 22.8 Å². The smallest absolute Gasteiger partial charge is 0.183 e. The van der Waals surface area contributed by atoms with E-state index in [2.05, 4.69) is 25.3 Å². The lowest BCUT2D eigenvalue weighted by Crippen LogP contribution is -2.48. The number of aromatic nitrogens is 4. The largest absolute Gasteiger partial charge is 0.358 e. The van der Waals surface area contributed by atoms with E-state index in [1.54, 1.807) is 19.2 Å². The molecule has 0 radical (unpaired) electrons. The lowest BCUT2D eigenvalue weighted by Gasteiger charge is -2.21. The Labute approximate surface area is 159 Å². The summed E-state index contributed by atoms with van der Waals surface area (Å²) in [6.45, 7) is 3.61. The average Bonchev–Trinajstić information content (AvgIpc) is 3.12. The molecule has 4 N–H and O–H groups in total. The summed E-state index contributed by atoms with van der Waals surface area (Å²) in [7, 11) is 0. The number of aromatic amines is 1. The molecule has 3 atom stereocenters. The summed E-state index contributed by atoms with van der Waals surface area (Å²) in [5.41, 5.74) is 6.41. The fourth-order valence-electron chi connectivity index (χ4n) is 3.37. The Bertz CT molecular complexity index is 1050. The van der Waals surface area contributed by atoms with E-state index in [-0.39, 0.29) is 17.5 Å². The first-order chi connectivity index (χ1) is 12.8. The van der Waals surface area contributed by atoms with Crippen molar-refractivity contribution < 1.29 is 9.18 Å². The van der Waals surface area contributed by atoms with Crippen LogP contribution in [-0.4, -0.2) is 37.3 Å². The number of rotatable bonds is 3. The quantitative estimate of drug-likeness (QED) is 0.636. The van der Waals surface area contributed by atoms with Gasteiger partial charge in [-0.3, -0.25) is 4.79 Å². The second kappa shape index (κ2) is 6.24. The molecule has 1 aliphatic rings. The Morgan fingerprint density at radius 3 is 2.89 bits per heavy atom. The maximum absolute atomic E-state index is 14.3. The van der Waals surface area contributed by atoms with Gasteiger partial charge in [0, 0.05) is 23.3 Å². The second-order valence-corrected chi connectivity index (χ2v) is 7.56. The minimum atomic E-state index is -0.941. The third-order valence-corrected chi connectivity index (χ3v) is 5.46. The molecule has 27 heavy (non-hydrogen) atoms. The van der Waals surface area contributed by atoms with E-state index in [1.807, 2.05) is 6.92 Å². The van der Waals surface area contributed by atoms with Crippen molar-refractivity contribution in [1.82, 2.24) is 19.9 Å². The molecule has 1 saturated carbocycles. The number of carbonyl (C=O) groups is 1. The fraction of sp³-hybridized carbons (Fsp3) is 0.333. The molecule has 3 aromatic rings. The average molecular weight is 389 g/mol. The predicted octanol–water partition coefficient (Wildman–Crippen LogP) is 2.92. The van der Waals surface area contributed by atoms with Crippen molar-refractivity contribution in [3.8, 4) is 11.4 Å². The highest BCUT2D eigenvalue weighted by molar-refractivity contribution is 6.31. The van der Waals surface area contributed by atoms with Gasteiger partial charge in [0.25, 0.3) is 0 Å². The Morgan fingerprint density at radius 2 is 2.19 bits per heavy atom. The Hall–Kier alpha value is -2.58. The van der Waals surface area contributed by atoms with Crippen LogP contribution in [0, 0.1) is 11.7 Å². The summed E-state index contributed by atoms with van der Waals surface area (Å²) in [6, 6.07) is 1.14. The molecule has 3 heterocycles. The van der Waals surface area contributed by atoms with Crippen LogP contribution in [0.1, 0.15) is 20.3 Å². The number of anilines is 1. The SMILES string of the molecule is CC1C[C@H](Nc2nc(-c3c[nH]c4ncc(Cl)cc34)ncc2F)C(=O)C1(C)N. The molecule has 3 aromatic heterocycles. The molecule has 7 nitrogen and oxygen atoms in total. The molecular formula is C18H18ClFN6O. The highest BCUT2D eigenvalue weighted by Crippen LogP contribution is 2.33. The summed E-state index contributed by atoms with van der Waals surface area (Å²) in [5.74, 6) is -0.553. The number of halogens is 2. The van der Waals surface area contributed by atoms with Crippen molar-refractivity contribution >= 4 is 34.2 Å². The molecule has 140 valence electrons. The summed E-state index contributed by atoms with van der Waals surface area (Å²) < 4.78 is 14.3. The fourth-order valence-corrected chi connectivity index (χ4v) is 3.53. The maximum atomic E-state index is 14.3. The Balaban J connectivity index is 1.70. The molecule has 2 unspecified atom stereocenters. The first-order valence-corrected chi connectivity index (χ1v) is 8.90. The molecular weight excluding hydrogens is 371 g/mol. The molecule has 9 heteroatoms. The third-order valence-electron chi connectivity index (χ3n) is 5.25. The maximum Gasteiger partial charge on any atom is 0.183 e. The van der Waals surface area contributed by atoms with Crippen LogP contribution in [-0.2, 0) is 4.79 Å². The van der Waals surface area contributed by atoms with Crippen molar-refractivity contribution in [2.75, 3.05) is 5.32 Å². The number of nitrogens with zero attached hydrogens (tertiary/aromatic N) is 3. The van der Waals surface area contributed by atoms with E-state index in [9.17, 15) is 9.18 Å². The van der Waals surface area contributed by atoms with Crippen molar-refractivity contribution in [3.63, 3.8) is 0 Å². The number of hydrogen-bond donors (Lipinski definition) is 3. The monoisotopic (exact) mass is 388 g/mol. The number of Topliss-reactive ketones (excluding diaryl/α,β-unsaturated/α-hetero) is 1. The minimum Gasteiger partial charge on any atom is -0.358 e. The topological polar surface area (TPSA) is 110 Å². The molecule has 4 rings (SSSR count). The zero-order valence-corrected chi connectivity index (χ0v) is 15.5. The van der Waals surface area contributed by atoms with Gasteiger partial charge in [0.15, 0.2) is 23.2 Å². The zero-order chi connectivity index (χ0) is 19.3. The van der Waals surface area contributed by atoms with E-state index in [0.29, 0.717) is 28.5 Å². The number of nitrogens with one attached hydrogen (secondary N) is 2. The molecule has 0 saturated heterocycles. The predicted molar refractivity (Wildman–Crippen MR) is 101 cm³/mol. The standard InChI is InChI=1S/C18H18ClFN6O/c1-8-3-13(14(27)18(8,2)21)25-17-12(20)7-24-16(26-17)11-6-23-15-10(11)4-9(19)5-22-15/h4-8,13H,3,21H2,1-2H3,(H,22,23)(H,24,25,26)/t8?,13-,18?/m0/s1. The summed E-state index contributed by atoms with van der Waals surface area (Å²) in [6.07, 6.45) is 4.80. The van der Waals surface area contributed by atoms with Gasteiger partial charge in [0.1, 0.15) is 5.65 Å². The molecule has 1 aliphatic carbocycles. The van der Waals surface area contributed by atoms with Gasteiger partial charge in [-0.05, 0) is 25.3 Å². The molecule has 0 spiro atoms. The summed E-state index contributed by atoms with van der Waals surface area (Å²) >= 11 is 6.02. The Kier molecular flexibility index (Phi) is 4.12. The number of nitrogens with two attached hydrogens (primary N) is 1. The summed E-state index contributed by atoms with van der Waals surface area (Å²) in [4.78, 5) is 28.1. The third kappa shape index (κ3) is 2.94. The van der Waals surface area contributed by atoms with Gasteiger partial charge >= 0.3 is 0 Å². The first kappa shape index (κ1) is 17.8. The minimum absolute atomic E-state index is 0.0197. The zero-order valence-electron chi connectivity index (χ0n) is 14.8. The van der Waals surface area contributed by atoms with Crippen LogP contribution in [0.15, 0.2) is 24.7 Å². The van der Waals surface area contributed by atoms with Gasteiger partial charge in [-0.25, -0.2) is 19.3 Å². The van der Waals surface area contributed by atoms with E-state index in [4.69, 9.17) is 17.3 Å². The van der Waals surface area contributed by atoms with Crippen molar-refractivity contribution in [1.29, 1.82) is 0 Å². The van der Waals surface area contributed by atoms with Gasteiger partial charge in [0.2, 0.25) is 0 Å². The molecule has 0 aromatic carbocycles. The number of ketones is 1. The van der Waals surface area contributed by atoms with Gasteiger partial charge in [-0.15, -0.1) is 0 Å². The highest BCUT2D eigenvalue weighted by Gasteiger charge is 2.47. The van der Waals surface area contributed by atoms with Crippen LogP contribution >= 0.6 is 11.6 Å². The molecule has 0 amide bonds. The van der Waals surface area contributed by atoms with Crippen molar-refractivity contribution in [2.45, 2.75) is 31.8 Å². The van der Waals surface area contributed by atoms with Crippen LogP contribution < -0.4 is 11.1 Å². The van der Waals surface area contributed by atoms with E-state index < -0.39 is 17.4 Å². The Morgan fingerprint density at radius 1 is 1.41 bits per heavy atom. The van der Waals surface area contributed by atoms with Gasteiger partial charge in [-0.2, -0.15) is 0 Å². The molecule has 0 aliphatic heterocycles. The second-order valence-electron chi connectivity index (χ2n) is 7.12. The van der Waals surface area contributed by atoms with Crippen LogP contribution in [0.25, 0.3) is 22.4 Å². The van der Waals surface area contributed by atoms with E-state index in [1.165, 1.54) is 6.20 Å².